The first-order chi connectivity index (χ1) is 7.72. The fourth-order valence-electron chi connectivity index (χ4n) is 2.21. The van der Waals surface area contributed by atoms with Gasteiger partial charge in [-0.25, -0.2) is 0 Å². The third-order valence-corrected chi connectivity index (χ3v) is 3.10. The van der Waals surface area contributed by atoms with E-state index in [9.17, 15) is 0 Å². The first kappa shape index (κ1) is 11.5. The molecule has 2 aliphatic rings. The van der Waals surface area contributed by atoms with Crippen LogP contribution in [0.5, 0.6) is 0 Å². The summed E-state index contributed by atoms with van der Waals surface area (Å²) in [5, 5.41) is 0. The van der Waals surface area contributed by atoms with Gasteiger partial charge in [-0.2, -0.15) is 0 Å². The fraction of sp³-hybridized carbons (Fsp3) is 0.571. The molecule has 2 heteroatoms. The fourth-order valence-corrected chi connectivity index (χ4v) is 2.21. The van der Waals surface area contributed by atoms with E-state index in [4.69, 9.17) is 9.47 Å². The molecule has 0 aromatic heterocycles. The van der Waals surface area contributed by atoms with Gasteiger partial charge >= 0.3 is 0 Å². The van der Waals surface area contributed by atoms with E-state index in [1.807, 2.05) is 6.92 Å². The van der Waals surface area contributed by atoms with Crippen molar-refractivity contribution in [3.05, 3.63) is 35.1 Å². The average Bonchev–Trinajstić information content (AvgIpc) is 2.50. The minimum atomic E-state index is -0.103. The van der Waals surface area contributed by atoms with Crippen LogP contribution in [0.2, 0.25) is 0 Å². The number of ether oxygens (including phenoxy) is 2. The van der Waals surface area contributed by atoms with E-state index >= 15 is 0 Å². The predicted octanol–water partition coefficient (Wildman–Crippen LogP) is 3.57. The average molecular weight is 220 g/mol. The van der Waals surface area contributed by atoms with Crippen molar-refractivity contribution in [1.82, 2.24) is 0 Å². The number of fused-ring (bicyclic) bond motifs is 1. The van der Waals surface area contributed by atoms with Gasteiger partial charge in [0.2, 0.25) is 6.29 Å². The van der Waals surface area contributed by atoms with Gasteiger partial charge in [0.05, 0.1) is 0 Å². The number of hydrogen-bond donors (Lipinski definition) is 0. The van der Waals surface area contributed by atoms with E-state index in [1.54, 1.807) is 0 Å². The van der Waals surface area contributed by atoms with Crippen LogP contribution < -0.4 is 0 Å². The Hall–Kier alpha value is -1.02. The molecule has 2 nitrogen and oxygen atoms in total. The second-order valence-electron chi connectivity index (χ2n) is 4.42. The molecular weight excluding hydrogens is 200 g/mol. The maximum Gasteiger partial charge on any atom is 0.206 e. The summed E-state index contributed by atoms with van der Waals surface area (Å²) in [6.45, 7) is 7.02. The molecule has 16 heavy (non-hydrogen) atoms. The van der Waals surface area contributed by atoms with Crippen molar-refractivity contribution in [2.75, 3.05) is 6.61 Å². The highest BCUT2D eigenvalue weighted by Crippen LogP contribution is 2.37. The Bertz CT molecular complexity index is 350. The summed E-state index contributed by atoms with van der Waals surface area (Å²) >= 11 is 0. The Morgan fingerprint density at radius 1 is 1.38 bits per heavy atom. The molecule has 0 radical (unpaired) electrons. The van der Waals surface area contributed by atoms with Crippen LogP contribution in [0, 0.1) is 5.92 Å². The second-order valence-corrected chi connectivity index (χ2v) is 4.42. The van der Waals surface area contributed by atoms with Crippen LogP contribution in [-0.2, 0) is 9.47 Å². The molecule has 1 fully saturated rings. The Morgan fingerprint density at radius 2 is 2.12 bits per heavy atom. The lowest BCUT2D eigenvalue weighted by Crippen LogP contribution is -2.17. The summed E-state index contributed by atoms with van der Waals surface area (Å²) in [4.78, 5) is 0. The van der Waals surface area contributed by atoms with Gasteiger partial charge < -0.3 is 9.47 Å². The van der Waals surface area contributed by atoms with E-state index in [0.717, 1.165) is 18.6 Å². The third-order valence-electron chi connectivity index (χ3n) is 3.10. The minimum absolute atomic E-state index is 0.103. The number of allylic oxidation sites excluding steroid dienone is 5. The van der Waals surface area contributed by atoms with Gasteiger partial charge in [0, 0.05) is 18.1 Å². The van der Waals surface area contributed by atoms with Crippen LogP contribution in [-0.4, -0.2) is 12.9 Å². The minimum Gasteiger partial charge on any atom is -0.464 e. The number of rotatable bonds is 2. The van der Waals surface area contributed by atoms with Gasteiger partial charge in [-0.15, -0.1) is 0 Å². The molecule has 2 unspecified atom stereocenters. The Balaban J connectivity index is 2.27. The van der Waals surface area contributed by atoms with Crippen molar-refractivity contribution in [2.24, 2.45) is 5.92 Å². The Kier molecular flexibility index (Phi) is 3.49. The van der Waals surface area contributed by atoms with Crippen LogP contribution in [0.4, 0.5) is 0 Å². The zero-order valence-electron chi connectivity index (χ0n) is 10.3. The van der Waals surface area contributed by atoms with Crippen molar-refractivity contribution in [1.29, 1.82) is 0 Å². The van der Waals surface area contributed by atoms with Gasteiger partial charge in [0.25, 0.3) is 0 Å². The van der Waals surface area contributed by atoms with Crippen molar-refractivity contribution < 1.29 is 9.47 Å². The molecular formula is C14H20O2. The second kappa shape index (κ2) is 4.88. The summed E-state index contributed by atoms with van der Waals surface area (Å²) in [5.74, 6) is 1.35. The van der Waals surface area contributed by atoms with E-state index in [-0.39, 0.29) is 6.29 Å². The molecule has 2 rings (SSSR count). The van der Waals surface area contributed by atoms with E-state index in [2.05, 4.69) is 32.1 Å². The summed E-state index contributed by atoms with van der Waals surface area (Å²) in [6, 6.07) is 0. The summed E-state index contributed by atoms with van der Waals surface area (Å²) in [5.41, 5.74) is 2.61. The van der Waals surface area contributed by atoms with Crippen LogP contribution in [0.15, 0.2) is 35.1 Å². The topological polar surface area (TPSA) is 18.5 Å². The smallest absolute Gasteiger partial charge is 0.206 e. The molecule has 0 aromatic rings. The first-order valence-electron chi connectivity index (χ1n) is 6.09. The molecule has 0 saturated carbocycles. The highest BCUT2D eigenvalue weighted by Gasteiger charge is 2.34. The molecule has 0 amide bonds. The van der Waals surface area contributed by atoms with Gasteiger partial charge in [-0.05, 0) is 32.8 Å². The molecule has 0 N–H and O–H groups in total. The molecule has 88 valence electrons. The van der Waals surface area contributed by atoms with Crippen LogP contribution in [0.3, 0.4) is 0 Å². The standard InChI is InChI=1S/C14H20O2/c1-4-15-14-11(3)12-9-10(2)7-5-6-8-13(12)16-14/h7-9,11,14H,4-6H2,1-3H3/b10-7-,12-9-,13-8+. The highest BCUT2D eigenvalue weighted by molar-refractivity contribution is 5.39. The summed E-state index contributed by atoms with van der Waals surface area (Å²) in [6.07, 6.45) is 8.74. The largest absolute Gasteiger partial charge is 0.464 e. The van der Waals surface area contributed by atoms with Gasteiger partial charge in [-0.1, -0.05) is 24.6 Å². The van der Waals surface area contributed by atoms with Gasteiger partial charge in [0.1, 0.15) is 5.76 Å². The monoisotopic (exact) mass is 220 g/mol. The maximum atomic E-state index is 5.85. The molecule has 1 aliphatic heterocycles. The van der Waals surface area contributed by atoms with Gasteiger partial charge in [0.15, 0.2) is 0 Å². The Morgan fingerprint density at radius 3 is 2.88 bits per heavy atom. The molecule has 1 saturated heterocycles. The van der Waals surface area contributed by atoms with Crippen molar-refractivity contribution >= 4 is 0 Å². The molecule has 2 atom stereocenters. The molecule has 0 spiro atoms. The summed E-state index contributed by atoms with van der Waals surface area (Å²) in [7, 11) is 0. The normalized spacial score (nSPS) is 39.1. The molecule has 1 aliphatic carbocycles. The zero-order chi connectivity index (χ0) is 11.5. The maximum absolute atomic E-state index is 5.85. The van der Waals surface area contributed by atoms with Crippen molar-refractivity contribution in [2.45, 2.75) is 39.9 Å². The molecule has 1 heterocycles. The summed E-state index contributed by atoms with van der Waals surface area (Å²) < 4.78 is 11.4. The first-order valence-corrected chi connectivity index (χ1v) is 6.09. The van der Waals surface area contributed by atoms with Crippen LogP contribution >= 0.6 is 0 Å². The third kappa shape index (κ3) is 2.22. The molecule has 0 bridgehead atoms. The van der Waals surface area contributed by atoms with Crippen LogP contribution in [0.25, 0.3) is 0 Å². The van der Waals surface area contributed by atoms with Gasteiger partial charge in [-0.3, -0.25) is 0 Å². The zero-order valence-corrected chi connectivity index (χ0v) is 10.3. The quantitative estimate of drug-likeness (QED) is 0.708. The lowest BCUT2D eigenvalue weighted by molar-refractivity contribution is -0.108. The van der Waals surface area contributed by atoms with E-state index < -0.39 is 0 Å². The number of hydrogen-bond acceptors (Lipinski definition) is 2. The predicted molar refractivity (Wildman–Crippen MR) is 64.8 cm³/mol. The lowest BCUT2D eigenvalue weighted by Gasteiger charge is -2.13. The van der Waals surface area contributed by atoms with E-state index in [0.29, 0.717) is 12.5 Å². The highest BCUT2D eigenvalue weighted by atomic mass is 16.7. The lowest BCUT2D eigenvalue weighted by atomic mass is 9.96. The molecule has 0 aromatic carbocycles. The van der Waals surface area contributed by atoms with Crippen molar-refractivity contribution in [3.63, 3.8) is 0 Å². The van der Waals surface area contributed by atoms with Crippen molar-refractivity contribution in [3.8, 4) is 0 Å². The van der Waals surface area contributed by atoms with E-state index in [1.165, 1.54) is 11.1 Å². The van der Waals surface area contributed by atoms with Crippen LogP contribution in [0.1, 0.15) is 33.6 Å². The SMILES string of the molecule is CCOC1OC2=C/CC\C=C(C)/C=C\2C1C. The Labute approximate surface area is 97.6 Å².